The number of esters is 1. The van der Waals surface area contributed by atoms with E-state index in [2.05, 4.69) is 17.2 Å². The van der Waals surface area contributed by atoms with E-state index in [4.69, 9.17) is 10.5 Å². The average molecular weight is 297 g/mol. The van der Waals surface area contributed by atoms with Gasteiger partial charge in [0.25, 0.3) is 5.91 Å². The number of nitrogens with two attached hydrogens (primary N) is 1. The molecule has 1 amide bonds. The van der Waals surface area contributed by atoms with Gasteiger partial charge in [-0.15, -0.1) is 17.9 Å². The average Bonchev–Trinajstić information content (AvgIpc) is 2.78. The topological polar surface area (TPSA) is 93.5 Å². The normalized spacial score (nSPS) is 9.90. The summed E-state index contributed by atoms with van der Waals surface area (Å²) in [5.74, 6) is -0.887. The second-order valence-electron chi connectivity index (χ2n) is 3.97. The van der Waals surface area contributed by atoms with Crippen LogP contribution in [-0.4, -0.2) is 32.1 Å². The van der Waals surface area contributed by atoms with Crippen LogP contribution in [0.3, 0.4) is 0 Å². The van der Waals surface area contributed by atoms with Gasteiger partial charge in [0.2, 0.25) is 0 Å². The maximum absolute atomic E-state index is 12.0. The number of amides is 1. The van der Waals surface area contributed by atoms with Crippen LogP contribution >= 0.6 is 11.3 Å². The number of nitrogen functional groups attached to an aromatic ring is 1. The molecule has 7 heteroatoms. The SMILES string of the molecule is C=CCNC(=O)c1sc(NCCC)c(C(=O)OC)c1N. The van der Waals surface area contributed by atoms with Gasteiger partial charge in [-0.3, -0.25) is 4.79 Å². The van der Waals surface area contributed by atoms with Crippen LogP contribution < -0.4 is 16.4 Å². The van der Waals surface area contributed by atoms with E-state index in [1.807, 2.05) is 6.92 Å². The van der Waals surface area contributed by atoms with Crippen LogP contribution in [-0.2, 0) is 4.74 Å². The van der Waals surface area contributed by atoms with Crippen LogP contribution in [0, 0.1) is 0 Å². The third-order valence-corrected chi connectivity index (χ3v) is 3.65. The highest BCUT2D eigenvalue weighted by Crippen LogP contribution is 2.36. The number of ether oxygens (including phenoxy) is 1. The monoisotopic (exact) mass is 297 g/mol. The van der Waals surface area contributed by atoms with Gasteiger partial charge in [-0.05, 0) is 6.42 Å². The zero-order valence-corrected chi connectivity index (χ0v) is 12.4. The Bertz CT molecular complexity index is 511. The first-order valence-electron chi connectivity index (χ1n) is 6.20. The van der Waals surface area contributed by atoms with Crippen molar-refractivity contribution in [3.63, 3.8) is 0 Å². The highest BCUT2D eigenvalue weighted by molar-refractivity contribution is 7.19. The molecule has 0 saturated heterocycles. The van der Waals surface area contributed by atoms with Gasteiger partial charge in [0, 0.05) is 13.1 Å². The molecule has 6 nitrogen and oxygen atoms in total. The van der Waals surface area contributed by atoms with Gasteiger partial charge in [-0.25, -0.2) is 4.79 Å². The molecule has 4 N–H and O–H groups in total. The van der Waals surface area contributed by atoms with Crippen molar-refractivity contribution < 1.29 is 14.3 Å². The largest absolute Gasteiger partial charge is 0.465 e. The molecule has 0 spiro atoms. The van der Waals surface area contributed by atoms with Crippen molar-refractivity contribution in [1.82, 2.24) is 5.32 Å². The molecule has 1 aromatic rings. The van der Waals surface area contributed by atoms with Crippen molar-refractivity contribution in [2.24, 2.45) is 0 Å². The Balaban J connectivity index is 3.13. The van der Waals surface area contributed by atoms with E-state index in [0.717, 1.165) is 17.8 Å². The van der Waals surface area contributed by atoms with E-state index in [1.54, 1.807) is 6.08 Å². The van der Waals surface area contributed by atoms with Gasteiger partial charge in [-0.1, -0.05) is 13.0 Å². The molecule has 0 unspecified atom stereocenters. The Kier molecular flexibility index (Phi) is 6.05. The standard InChI is InChI=1S/C13H19N3O3S/c1-4-6-15-11(17)10-9(14)8(13(18)19-3)12(20-10)16-7-5-2/h4,16H,1,5-7,14H2,2-3H3,(H,15,17). The molecule has 0 radical (unpaired) electrons. The maximum atomic E-state index is 12.0. The van der Waals surface area contributed by atoms with Crippen LogP contribution in [0.25, 0.3) is 0 Å². The Morgan fingerprint density at radius 1 is 1.50 bits per heavy atom. The highest BCUT2D eigenvalue weighted by Gasteiger charge is 2.25. The van der Waals surface area contributed by atoms with Gasteiger partial charge < -0.3 is 21.1 Å². The minimum atomic E-state index is -0.555. The lowest BCUT2D eigenvalue weighted by molar-refractivity contribution is 0.0603. The van der Waals surface area contributed by atoms with Crippen LogP contribution in [0.4, 0.5) is 10.7 Å². The first-order valence-corrected chi connectivity index (χ1v) is 7.01. The molecule has 1 rings (SSSR count). The molecular formula is C13H19N3O3S. The second kappa shape index (κ2) is 7.54. The number of thiophene rings is 1. The number of carbonyl (C=O) groups is 2. The molecule has 0 saturated carbocycles. The Morgan fingerprint density at radius 2 is 2.20 bits per heavy atom. The Labute approximate surface area is 122 Å². The smallest absolute Gasteiger partial charge is 0.343 e. The van der Waals surface area contributed by atoms with E-state index in [-0.39, 0.29) is 17.2 Å². The van der Waals surface area contributed by atoms with Crippen molar-refractivity contribution in [1.29, 1.82) is 0 Å². The summed E-state index contributed by atoms with van der Waals surface area (Å²) in [5.41, 5.74) is 6.27. The van der Waals surface area contributed by atoms with Crippen molar-refractivity contribution >= 4 is 33.9 Å². The van der Waals surface area contributed by atoms with Crippen LogP contribution in [0.5, 0.6) is 0 Å². The fourth-order valence-electron chi connectivity index (χ4n) is 1.53. The molecule has 1 aromatic heterocycles. The zero-order chi connectivity index (χ0) is 15.1. The number of hydrogen-bond donors (Lipinski definition) is 3. The molecule has 0 aromatic carbocycles. The summed E-state index contributed by atoms with van der Waals surface area (Å²) in [6, 6.07) is 0. The first kappa shape index (κ1) is 16.0. The van der Waals surface area contributed by atoms with E-state index in [9.17, 15) is 9.59 Å². The number of anilines is 2. The molecule has 0 aliphatic heterocycles. The van der Waals surface area contributed by atoms with Crippen molar-refractivity contribution in [3.8, 4) is 0 Å². The van der Waals surface area contributed by atoms with Crippen LogP contribution in [0.1, 0.15) is 33.4 Å². The number of carbonyl (C=O) groups excluding carboxylic acids is 2. The number of nitrogens with one attached hydrogen (secondary N) is 2. The molecule has 110 valence electrons. The van der Waals surface area contributed by atoms with Crippen molar-refractivity contribution in [2.75, 3.05) is 31.2 Å². The third kappa shape index (κ3) is 3.51. The quantitative estimate of drug-likeness (QED) is 0.527. The number of rotatable bonds is 7. The number of hydrogen-bond acceptors (Lipinski definition) is 6. The molecule has 0 atom stereocenters. The van der Waals surface area contributed by atoms with Gasteiger partial charge >= 0.3 is 5.97 Å². The Hall–Kier alpha value is -2.02. The summed E-state index contributed by atoms with van der Waals surface area (Å²) >= 11 is 1.15. The molecule has 0 bridgehead atoms. The van der Waals surface area contributed by atoms with E-state index in [0.29, 0.717) is 23.0 Å². The van der Waals surface area contributed by atoms with Gasteiger partial charge in [-0.2, -0.15) is 0 Å². The molecule has 0 fully saturated rings. The fraction of sp³-hybridized carbons (Fsp3) is 0.385. The van der Waals surface area contributed by atoms with E-state index < -0.39 is 5.97 Å². The molecular weight excluding hydrogens is 278 g/mol. The molecule has 20 heavy (non-hydrogen) atoms. The Morgan fingerprint density at radius 3 is 2.75 bits per heavy atom. The fourth-order valence-corrected chi connectivity index (χ4v) is 2.58. The lowest BCUT2D eigenvalue weighted by Gasteiger charge is -2.04. The molecule has 0 aliphatic rings. The van der Waals surface area contributed by atoms with Crippen molar-refractivity contribution in [3.05, 3.63) is 23.1 Å². The maximum Gasteiger partial charge on any atom is 0.343 e. The van der Waals surface area contributed by atoms with Crippen LogP contribution in [0.2, 0.25) is 0 Å². The minimum absolute atomic E-state index is 0.141. The summed E-state index contributed by atoms with van der Waals surface area (Å²) in [4.78, 5) is 24.0. The van der Waals surface area contributed by atoms with E-state index >= 15 is 0 Å². The van der Waals surface area contributed by atoms with Crippen LogP contribution in [0.15, 0.2) is 12.7 Å². The highest BCUT2D eigenvalue weighted by atomic mass is 32.1. The van der Waals surface area contributed by atoms with Gasteiger partial charge in [0.15, 0.2) is 0 Å². The summed E-state index contributed by atoms with van der Waals surface area (Å²) in [5, 5.41) is 6.28. The summed E-state index contributed by atoms with van der Waals surface area (Å²) in [6.07, 6.45) is 2.45. The van der Waals surface area contributed by atoms with Crippen molar-refractivity contribution in [2.45, 2.75) is 13.3 Å². The number of methoxy groups -OCH3 is 1. The third-order valence-electron chi connectivity index (χ3n) is 2.48. The lowest BCUT2D eigenvalue weighted by Crippen LogP contribution is -2.23. The first-order chi connectivity index (χ1) is 9.56. The predicted molar refractivity (Wildman–Crippen MR) is 81.4 cm³/mol. The second-order valence-corrected chi connectivity index (χ2v) is 4.99. The lowest BCUT2D eigenvalue weighted by atomic mass is 10.2. The summed E-state index contributed by atoms with van der Waals surface area (Å²) in [6.45, 7) is 6.54. The zero-order valence-electron chi connectivity index (χ0n) is 11.6. The summed E-state index contributed by atoms with van der Waals surface area (Å²) < 4.78 is 4.71. The summed E-state index contributed by atoms with van der Waals surface area (Å²) in [7, 11) is 1.28. The minimum Gasteiger partial charge on any atom is -0.465 e. The van der Waals surface area contributed by atoms with Gasteiger partial charge in [0.1, 0.15) is 15.4 Å². The van der Waals surface area contributed by atoms with E-state index in [1.165, 1.54) is 7.11 Å². The molecule has 1 heterocycles. The molecule has 0 aliphatic carbocycles. The van der Waals surface area contributed by atoms with Gasteiger partial charge in [0.05, 0.1) is 12.8 Å². The predicted octanol–water partition coefficient (Wildman–Crippen LogP) is 1.85.